The molecular weight excluding hydrogens is 420 g/mol. The van der Waals surface area contributed by atoms with Crippen LogP contribution in [0.15, 0.2) is 54.6 Å². The zero-order valence-corrected chi connectivity index (χ0v) is 20.5. The van der Waals surface area contributed by atoms with Crippen LogP contribution in [0, 0.1) is 5.92 Å². The molecule has 3 aromatic rings. The molecule has 1 aliphatic carbocycles. The molecule has 1 fully saturated rings. The van der Waals surface area contributed by atoms with Gasteiger partial charge < -0.3 is 14.6 Å². The van der Waals surface area contributed by atoms with E-state index in [1.807, 2.05) is 12.1 Å². The van der Waals surface area contributed by atoms with Crippen molar-refractivity contribution < 1.29 is 9.53 Å². The molecule has 0 radical (unpaired) electrons. The van der Waals surface area contributed by atoms with E-state index in [4.69, 9.17) is 4.74 Å². The van der Waals surface area contributed by atoms with Crippen LogP contribution in [0.2, 0.25) is 0 Å². The molecule has 5 rings (SSSR count). The van der Waals surface area contributed by atoms with Gasteiger partial charge in [0.1, 0.15) is 12.4 Å². The lowest BCUT2D eigenvalue weighted by Gasteiger charge is -2.22. The van der Waals surface area contributed by atoms with Gasteiger partial charge in [-0.25, -0.2) is 0 Å². The van der Waals surface area contributed by atoms with Crippen LogP contribution in [0.3, 0.4) is 0 Å². The highest BCUT2D eigenvalue weighted by Crippen LogP contribution is 2.41. The van der Waals surface area contributed by atoms with Crippen LogP contribution < -0.4 is 10.1 Å². The average molecular weight is 457 g/mol. The lowest BCUT2D eigenvalue weighted by molar-refractivity contribution is -0.121. The Hall–Kier alpha value is -3.01. The molecule has 2 heterocycles. The summed E-state index contributed by atoms with van der Waals surface area (Å²) in [5.74, 6) is 2.23. The average Bonchev–Trinajstić information content (AvgIpc) is 3.26. The number of fused-ring (bicyclic) bond motifs is 3. The number of hydrogen-bond donors (Lipinski definition) is 1. The third-order valence-electron chi connectivity index (χ3n) is 7.42. The molecule has 0 saturated heterocycles. The molecule has 4 heteroatoms. The molecular formula is C30H36N2O2. The molecule has 2 aromatic carbocycles. The van der Waals surface area contributed by atoms with Crippen molar-refractivity contribution in [2.75, 3.05) is 6.54 Å². The normalized spacial score (nSPS) is 15.5. The fourth-order valence-electron chi connectivity index (χ4n) is 5.43. The van der Waals surface area contributed by atoms with Crippen LogP contribution >= 0.6 is 0 Å². The van der Waals surface area contributed by atoms with Crippen molar-refractivity contribution in [2.24, 2.45) is 5.92 Å². The summed E-state index contributed by atoms with van der Waals surface area (Å²) in [6.07, 6.45) is 7.66. The van der Waals surface area contributed by atoms with Gasteiger partial charge >= 0.3 is 0 Å². The van der Waals surface area contributed by atoms with E-state index >= 15 is 0 Å². The SMILES string of the molecule is CC(C)c1ccc(-n2c(CCC(=O)NCC3CCCCC3)cc3c2-c2ccccc2OC3)cc1. The second-order valence-corrected chi connectivity index (χ2v) is 10.2. The van der Waals surface area contributed by atoms with Gasteiger partial charge in [-0.3, -0.25) is 4.79 Å². The molecule has 0 bridgehead atoms. The molecule has 1 saturated carbocycles. The van der Waals surface area contributed by atoms with Crippen molar-refractivity contribution in [3.05, 3.63) is 71.4 Å². The van der Waals surface area contributed by atoms with E-state index in [0.29, 0.717) is 31.3 Å². The first kappa shape index (κ1) is 22.8. The number of aryl methyl sites for hydroxylation is 1. The van der Waals surface area contributed by atoms with E-state index in [1.165, 1.54) is 48.9 Å². The number of ether oxygens (including phenoxy) is 1. The number of nitrogens with one attached hydrogen (secondary N) is 1. The van der Waals surface area contributed by atoms with Gasteiger partial charge in [0.05, 0.1) is 5.69 Å². The van der Waals surface area contributed by atoms with Gasteiger partial charge in [0.2, 0.25) is 5.91 Å². The van der Waals surface area contributed by atoms with Crippen molar-refractivity contribution in [3.8, 4) is 22.7 Å². The van der Waals surface area contributed by atoms with Crippen molar-refractivity contribution >= 4 is 5.91 Å². The molecule has 34 heavy (non-hydrogen) atoms. The first-order valence-corrected chi connectivity index (χ1v) is 12.9. The zero-order valence-electron chi connectivity index (χ0n) is 20.5. The Labute approximate surface area is 203 Å². The van der Waals surface area contributed by atoms with Crippen LogP contribution in [0.4, 0.5) is 0 Å². The topological polar surface area (TPSA) is 43.3 Å². The largest absolute Gasteiger partial charge is 0.488 e. The zero-order chi connectivity index (χ0) is 23.5. The molecule has 2 aliphatic rings. The summed E-state index contributed by atoms with van der Waals surface area (Å²) in [6, 6.07) is 19.3. The van der Waals surface area contributed by atoms with Gasteiger partial charge in [-0.15, -0.1) is 0 Å². The summed E-state index contributed by atoms with van der Waals surface area (Å²) in [6.45, 7) is 5.83. The van der Waals surface area contributed by atoms with Crippen LogP contribution in [-0.2, 0) is 17.8 Å². The van der Waals surface area contributed by atoms with Crippen molar-refractivity contribution in [1.29, 1.82) is 0 Å². The molecule has 1 N–H and O–H groups in total. The predicted octanol–water partition coefficient (Wildman–Crippen LogP) is 6.79. The highest BCUT2D eigenvalue weighted by molar-refractivity contribution is 5.77. The van der Waals surface area contributed by atoms with Gasteiger partial charge in [0, 0.05) is 35.5 Å². The number of amides is 1. The standard InChI is InChI=1S/C30H36N2O2/c1-21(2)23-12-14-25(15-13-23)32-26(16-17-29(33)31-19-22-8-4-3-5-9-22)18-24-20-34-28-11-7-6-10-27(28)30(24)32/h6-7,10-15,18,21-22H,3-5,8-9,16-17,19-20H2,1-2H3,(H,31,33). The summed E-state index contributed by atoms with van der Waals surface area (Å²) < 4.78 is 8.39. The van der Waals surface area contributed by atoms with Gasteiger partial charge in [-0.2, -0.15) is 0 Å². The third-order valence-corrected chi connectivity index (χ3v) is 7.42. The van der Waals surface area contributed by atoms with E-state index in [1.54, 1.807) is 0 Å². The minimum absolute atomic E-state index is 0.156. The Morgan fingerprint density at radius 2 is 1.82 bits per heavy atom. The Kier molecular flexibility index (Phi) is 6.75. The van der Waals surface area contributed by atoms with Crippen molar-refractivity contribution in [1.82, 2.24) is 9.88 Å². The maximum absolute atomic E-state index is 12.7. The molecule has 0 spiro atoms. The quantitative estimate of drug-likeness (QED) is 0.425. The molecule has 4 nitrogen and oxygen atoms in total. The maximum atomic E-state index is 12.7. The molecule has 1 aromatic heterocycles. The van der Waals surface area contributed by atoms with Crippen molar-refractivity contribution in [2.45, 2.75) is 71.3 Å². The third kappa shape index (κ3) is 4.77. The van der Waals surface area contributed by atoms with E-state index in [-0.39, 0.29) is 5.91 Å². The van der Waals surface area contributed by atoms with Gasteiger partial charge in [0.15, 0.2) is 0 Å². The van der Waals surface area contributed by atoms with E-state index in [9.17, 15) is 4.79 Å². The number of carbonyl (C=O) groups is 1. The number of carbonyl (C=O) groups excluding carboxylic acids is 1. The summed E-state index contributed by atoms with van der Waals surface area (Å²) in [4.78, 5) is 12.7. The van der Waals surface area contributed by atoms with Gasteiger partial charge in [-0.1, -0.05) is 57.4 Å². The van der Waals surface area contributed by atoms with Crippen molar-refractivity contribution in [3.63, 3.8) is 0 Å². The Morgan fingerprint density at radius 3 is 2.59 bits per heavy atom. The molecule has 0 unspecified atom stereocenters. The molecule has 178 valence electrons. The highest BCUT2D eigenvalue weighted by Gasteiger charge is 2.25. The van der Waals surface area contributed by atoms with Crippen LogP contribution in [0.5, 0.6) is 5.75 Å². The van der Waals surface area contributed by atoms with Gasteiger partial charge in [-0.05, 0) is 67.0 Å². The van der Waals surface area contributed by atoms with E-state index < -0.39 is 0 Å². The van der Waals surface area contributed by atoms with Crippen LogP contribution in [0.25, 0.3) is 16.9 Å². The van der Waals surface area contributed by atoms with E-state index in [0.717, 1.165) is 29.2 Å². The van der Waals surface area contributed by atoms with Crippen LogP contribution in [0.1, 0.15) is 75.1 Å². The van der Waals surface area contributed by atoms with Crippen LogP contribution in [-0.4, -0.2) is 17.0 Å². The lowest BCUT2D eigenvalue weighted by atomic mass is 9.89. The highest BCUT2D eigenvalue weighted by atomic mass is 16.5. The number of para-hydroxylation sites is 1. The smallest absolute Gasteiger partial charge is 0.220 e. The predicted molar refractivity (Wildman–Crippen MR) is 138 cm³/mol. The summed E-state index contributed by atoms with van der Waals surface area (Å²) in [5, 5.41) is 3.21. The minimum atomic E-state index is 0.156. The second-order valence-electron chi connectivity index (χ2n) is 10.2. The number of aromatic nitrogens is 1. The fourth-order valence-corrected chi connectivity index (χ4v) is 5.43. The molecule has 1 aliphatic heterocycles. The monoisotopic (exact) mass is 456 g/mol. The number of rotatable bonds is 7. The van der Waals surface area contributed by atoms with Gasteiger partial charge in [0.25, 0.3) is 0 Å². The second kappa shape index (κ2) is 10.1. The molecule has 0 atom stereocenters. The Bertz CT molecular complexity index is 1140. The Balaban J connectivity index is 1.41. The summed E-state index contributed by atoms with van der Waals surface area (Å²) in [7, 11) is 0. The summed E-state index contributed by atoms with van der Waals surface area (Å²) in [5.41, 5.74) is 7.12. The fraction of sp³-hybridized carbons (Fsp3) is 0.433. The minimum Gasteiger partial charge on any atom is -0.488 e. The van der Waals surface area contributed by atoms with E-state index in [2.05, 4.69) is 66.2 Å². The first-order chi connectivity index (χ1) is 16.6. The maximum Gasteiger partial charge on any atom is 0.220 e. The molecule has 1 amide bonds. The summed E-state index contributed by atoms with van der Waals surface area (Å²) >= 11 is 0. The first-order valence-electron chi connectivity index (χ1n) is 12.9. The Morgan fingerprint density at radius 1 is 1.06 bits per heavy atom. The number of nitrogens with zero attached hydrogens (tertiary/aromatic N) is 1. The number of hydrogen-bond acceptors (Lipinski definition) is 2. The lowest BCUT2D eigenvalue weighted by Crippen LogP contribution is -2.30. The number of benzene rings is 2.